The number of methoxy groups -OCH3 is 1. The number of aromatic nitrogens is 1. The number of rotatable bonds is 4. The highest BCUT2D eigenvalue weighted by atomic mass is 16.5. The molecule has 146 valence electrons. The molecule has 3 N–H and O–H groups in total. The van der Waals surface area contributed by atoms with Crippen LogP contribution in [-0.4, -0.2) is 35.2 Å². The fourth-order valence-corrected chi connectivity index (χ4v) is 4.31. The largest absolute Gasteiger partial charge is 0.504 e. The van der Waals surface area contributed by atoms with Gasteiger partial charge in [0.05, 0.1) is 25.2 Å². The minimum atomic E-state index is -0.514. The third-order valence-electron chi connectivity index (χ3n) is 5.67. The number of fused-ring (bicyclic) bond motifs is 5. The van der Waals surface area contributed by atoms with Crippen molar-refractivity contribution in [1.29, 1.82) is 0 Å². The molecule has 0 spiro atoms. The minimum Gasteiger partial charge on any atom is -0.504 e. The summed E-state index contributed by atoms with van der Waals surface area (Å²) >= 11 is 0. The van der Waals surface area contributed by atoms with Crippen molar-refractivity contribution in [3.8, 4) is 17.2 Å². The Labute approximate surface area is 166 Å². The van der Waals surface area contributed by atoms with Crippen LogP contribution in [0.5, 0.6) is 17.2 Å². The Kier molecular flexibility index (Phi) is 3.96. The molecule has 2 heterocycles. The van der Waals surface area contributed by atoms with Crippen LogP contribution in [0, 0.1) is 0 Å². The summed E-state index contributed by atoms with van der Waals surface area (Å²) in [7, 11) is 1.48. The van der Waals surface area contributed by atoms with Gasteiger partial charge in [-0.1, -0.05) is 24.3 Å². The molecule has 6 nitrogen and oxygen atoms in total. The van der Waals surface area contributed by atoms with Gasteiger partial charge < -0.3 is 24.7 Å². The summed E-state index contributed by atoms with van der Waals surface area (Å²) in [5, 5.41) is 22.0. The fourth-order valence-electron chi connectivity index (χ4n) is 4.31. The molecule has 0 aliphatic carbocycles. The van der Waals surface area contributed by atoms with Crippen molar-refractivity contribution in [1.82, 2.24) is 4.98 Å². The van der Waals surface area contributed by atoms with E-state index in [4.69, 9.17) is 9.47 Å². The van der Waals surface area contributed by atoms with E-state index in [-0.39, 0.29) is 12.4 Å². The van der Waals surface area contributed by atoms with Gasteiger partial charge in [0.1, 0.15) is 11.9 Å². The van der Waals surface area contributed by atoms with Crippen LogP contribution in [0.2, 0.25) is 0 Å². The Hall–Kier alpha value is -3.51. The number of benzene rings is 3. The van der Waals surface area contributed by atoms with Gasteiger partial charge in [0.25, 0.3) is 0 Å². The molecule has 1 aromatic heterocycles. The number of phenolic OH excluding ortho intramolecular Hbond substituents is 1. The van der Waals surface area contributed by atoms with E-state index in [2.05, 4.69) is 4.98 Å². The number of aromatic amines is 1. The number of phenols is 1. The third-order valence-corrected chi connectivity index (χ3v) is 5.67. The summed E-state index contributed by atoms with van der Waals surface area (Å²) in [6.07, 6.45) is 0.298. The normalized spacial score (nSPS) is 18.0. The summed E-state index contributed by atoms with van der Waals surface area (Å²) < 4.78 is 11.5. The number of ether oxygens (including phenoxy) is 2. The molecule has 6 heteroatoms. The average Bonchev–Trinajstić information content (AvgIpc) is 3.32. The van der Waals surface area contributed by atoms with Crippen LogP contribution in [0.1, 0.15) is 33.5 Å². The van der Waals surface area contributed by atoms with E-state index in [0.717, 1.165) is 33.7 Å². The lowest BCUT2D eigenvalue weighted by atomic mass is 9.88. The van der Waals surface area contributed by atoms with Crippen molar-refractivity contribution in [3.05, 3.63) is 65.2 Å². The zero-order valence-electron chi connectivity index (χ0n) is 15.7. The Morgan fingerprint density at radius 1 is 1.17 bits per heavy atom. The molecule has 5 rings (SSSR count). The quantitative estimate of drug-likeness (QED) is 0.458. The summed E-state index contributed by atoms with van der Waals surface area (Å²) in [6.45, 7) is -0.187. The van der Waals surface area contributed by atoms with Crippen LogP contribution < -0.4 is 9.47 Å². The van der Waals surface area contributed by atoms with Gasteiger partial charge >= 0.3 is 0 Å². The molecule has 29 heavy (non-hydrogen) atoms. The number of aldehydes is 1. The smallest absolute Gasteiger partial charge is 0.160 e. The zero-order chi connectivity index (χ0) is 20.1. The molecule has 0 bridgehead atoms. The van der Waals surface area contributed by atoms with Crippen LogP contribution in [0.25, 0.3) is 21.8 Å². The maximum Gasteiger partial charge on any atom is 0.160 e. The number of aromatic hydroxyl groups is 1. The first-order chi connectivity index (χ1) is 14.2. The van der Waals surface area contributed by atoms with Gasteiger partial charge in [-0.25, -0.2) is 0 Å². The Balaban J connectivity index is 1.74. The molecule has 1 aliphatic rings. The molecule has 2 unspecified atom stereocenters. The predicted molar refractivity (Wildman–Crippen MR) is 109 cm³/mol. The van der Waals surface area contributed by atoms with E-state index >= 15 is 0 Å². The first-order valence-corrected chi connectivity index (χ1v) is 9.33. The molecule has 4 aromatic rings. The summed E-state index contributed by atoms with van der Waals surface area (Å²) in [5.74, 6) is 0.510. The van der Waals surface area contributed by atoms with Crippen LogP contribution >= 0.6 is 0 Å². The van der Waals surface area contributed by atoms with Crippen molar-refractivity contribution >= 4 is 28.1 Å². The predicted octanol–water partition coefficient (Wildman–Crippen LogP) is 4.06. The summed E-state index contributed by atoms with van der Waals surface area (Å²) in [4.78, 5) is 15.3. The topological polar surface area (TPSA) is 91.8 Å². The van der Waals surface area contributed by atoms with Crippen molar-refractivity contribution in [2.75, 3.05) is 13.7 Å². The van der Waals surface area contributed by atoms with Gasteiger partial charge in [0.2, 0.25) is 0 Å². The van der Waals surface area contributed by atoms with Crippen LogP contribution in [0.15, 0.2) is 48.5 Å². The van der Waals surface area contributed by atoms with Crippen LogP contribution in [-0.2, 0) is 0 Å². The molecule has 0 saturated heterocycles. The number of aliphatic hydroxyl groups is 1. The summed E-state index contributed by atoms with van der Waals surface area (Å²) in [5.41, 5.74) is 3.70. The fraction of sp³-hybridized carbons (Fsp3) is 0.174. The van der Waals surface area contributed by atoms with Gasteiger partial charge in [-0.2, -0.15) is 0 Å². The second kappa shape index (κ2) is 6.53. The highest BCUT2D eigenvalue weighted by molar-refractivity contribution is 6.11. The number of hydrogen-bond acceptors (Lipinski definition) is 5. The molecule has 2 atom stereocenters. The van der Waals surface area contributed by atoms with Crippen molar-refractivity contribution in [2.45, 2.75) is 12.0 Å². The van der Waals surface area contributed by atoms with Crippen LogP contribution in [0.3, 0.4) is 0 Å². The van der Waals surface area contributed by atoms with E-state index in [9.17, 15) is 15.0 Å². The minimum absolute atomic E-state index is 0.0268. The highest BCUT2D eigenvalue weighted by Crippen LogP contribution is 2.51. The van der Waals surface area contributed by atoms with Crippen molar-refractivity contribution in [2.24, 2.45) is 0 Å². The molecule has 0 radical (unpaired) electrons. The Bertz CT molecular complexity index is 1260. The number of aliphatic hydroxyl groups excluding tert-OH is 1. The van der Waals surface area contributed by atoms with Crippen LogP contribution in [0.4, 0.5) is 0 Å². The maximum absolute atomic E-state index is 11.9. The van der Waals surface area contributed by atoms with Gasteiger partial charge in [-0.15, -0.1) is 0 Å². The number of nitrogens with one attached hydrogen (secondary N) is 1. The average molecular weight is 389 g/mol. The van der Waals surface area contributed by atoms with Gasteiger partial charge in [-0.05, 0) is 29.8 Å². The van der Waals surface area contributed by atoms with Gasteiger partial charge in [0, 0.05) is 27.4 Å². The maximum atomic E-state index is 11.9. The number of hydrogen-bond donors (Lipinski definition) is 3. The zero-order valence-corrected chi connectivity index (χ0v) is 15.7. The number of carbonyl (C=O) groups is 1. The number of carbonyl (C=O) groups excluding carboxylic acids is 1. The first kappa shape index (κ1) is 17.6. The lowest BCUT2D eigenvalue weighted by Crippen LogP contribution is -2.14. The molecule has 3 aromatic carbocycles. The Morgan fingerprint density at radius 2 is 2.00 bits per heavy atom. The summed E-state index contributed by atoms with van der Waals surface area (Å²) in [6, 6.07) is 14.7. The molecule has 1 aliphatic heterocycles. The van der Waals surface area contributed by atoms with E-state index in [1.807, 2.05) is 30.3 Å². The van der Waals surface area contributed by atoms with Crippen molar-refractivity contribution < 1.29 is 24.5 Å². The lowest BCUT2D eigenvalue weighted by molar-refractivity contribution is 0.112. The van der Waals surface area contributed by atoms with E-state index < -0.39 is 12.0 Å². The third kappa shape index (κ3) is 2.49. The van der Waals surface area contributed by atoms with E-state index in [1.165, 1.54) is 13.2 Å². The number of H-pyrrole nitrogens is 1. The SMILES string of the molecule is COc1cc(C2Oc3c(c(C=O)cc4c3[nH]c3ccccc34)C2CO)ccc1O. The molecule has 0 fully saturated rings. The molecule has 0 amide bonds. The van der Waals surface area contributed by atoms with Gasteiger partial charge in [-0.3, -0.25) is 4.79 Å². The monoisotopic (exact) mass is 389 g/mol. The highest BCUT2D eigenvalue weighted by Gasteiger charge is 2.39. The number of para-hydroxylation sites is 1. The van der Waals surface area contributed by atoms with E-state index in [1.54, 1.807) is 12.1 Å². The lowest BCUT2D eigenvalue weighted by Gasteiger charge is -2.18. The molecule has 0 saturated carbocycles. The second-order valence-electron chi connectivity index (χ2n) is 7.18. The molecular formula is C23H19NO5. The second-order valence-corrected chi connectivity index (χ2v) is 7.18. The standard InChI is InChI=1S/C23H19NO5/c1-28-19-9-12(6-7-18(19)27)22-16(11-26)20-13(10-25)8-15-14-4-2-3-5-17(14)24-21(15)23(20)29-22/h2-10,16,22,24,26-27H,11H2,1H3. The van der Waals surface area contributed by atoms with Gasteiger partial charge in [0.15, 0.2) is 17.8 Å². The first-order valence-electron chi connectivity index (χ1n) is 9.33. The van der Waals surface area contributed by atoms with Crippen molar-refractivity contribution in [3.63, 3.8) is 0 Å². The van der Waals surface area contributed by atoms with E-state index in [0.29, 0.717) is 22.6 Å². The molecular weight excluding hydrogens is 370 g/mol. The Morgan fingerprint density at radius 3 is 2.76 bits per heavy atom.